The molecule has 0 bridgehead atoms. The first-order chi connectivity index (χ1) is 13.8. The van der Waals surface area contributed by atoms with Crippen molar-refractivity contribution >= 4 is 33.3 Å². The molecule has 9 heteroatoms. The van der Waals surface area contributed by atoms with Crippen LogP contribution in [0.3, 0.4) is 0 Å². The normalized spacial score (nSPS) is 14.9. The minimum atomic E-state index is -3.52. The Labute approximate surface area is 169 Å². The van der Waals surface area contributed by atoms with E-state index in [9.17, 15) is 23.3 Å². The van der Waals surface area contributed by atoms with Crippen LogP contribution in [0.1, 0.15) is 28.8 Å². The van der Waals surface area contributed by atoms with Crippen LogP contribution in [0.4, 0.5) is 11.4 Å². The molecule has 0 radical (unpaired) electrons. The van der Waals surface area contributed by atoms with Crippen molar-refractivity contribution in [3.63, 3.8) is 0 Å². The highest BCUT2D eigenvalue weighted by Gasteiger charge is 2.27. The maximum atomic E-state index is 12.5. The average Bonchev–Trinajstić information content (AvgIpc) is 3.27. The molecule has 3 rings (SSSR count). The van der Waals surface area contributed by atoms with E-state index < -0.39 is 14.9 Å². The fraction of sp³-hybridized carbons (Fsp3) is 0.250. The van der Waals surface area contributed by atoms with Gasteiger partial charge in [0.05, 0.1) is 9.82 Å². The molecule has 0 aliphatic carbocycles. The van der Waals surface area contributed by atoms with Crippen LogP contribution in [0.2, 0.25) is 0 Å². The number of nitrogens with one attached hydrogen (secondary N) is 1. The first-order valence-corrected chi connectivity index (χ1v) is 10.6. The van der Waals surface area contributed by atoms with Gasteiger partial charge in [0, 0.05) is 31.8 Å². The van der Waals surface area contributed by atoms with E-state index >= 15 is 0 Å². The summed E-state index contributed by atoms with van der Waals surface area (Å²) in [7, 11) is -1.93. The molecule has 29 heavy (non-hydrogen) atoms. The third-order valence-electron chi connectivity index (χ3n) is 4.76. The predicted molar refractivity (Wildman–Crippen MR) is 110 cm³/mol. The van der Waals surface area contributed by atoms with Crippen molar-refractivity contribution in [3.8, 4) is 0 Å². The van der Waals surface area contributed by atoms with Crippen LogP contribution in [-0.2, 0) is 10.0 Å². The zero-order chi connectivity index (χ0) is 21.0. The van der Waals surface area contributed by atoms with Gasteiger partial charge < -0.3 is 5.32 Å². The molecule has 152 valence electrons. The summed E-state index contributed by atoms with van der Waals surface area (Å²) in [6.07, 6.45) is 4.51. The van der Waals surface area contributed by atoms with E-state index in [-0.39, 0.29) is 16.4 Å². The number of carbonyl (C=O) groups excluding carboxylic acids is 1. The van der Waals surface area contributed by atoms with E-state index in [0.29, 0.717) is 29.9 Å². The van der Waals surface area contributed by atoms with E-state index in [4.69, 9.17) is 0 Å². The van der Waals surface area contributed by atoms with Crippen molar-refractivity contribution in [1.82, 2.24) is 4.31 Å². The second kappa shape index (κ2) is 8.54. The molecule has 2 aromatic carbocycles. The Kier molecular flexibility index (Phi) is 6.09. The fourth-order valence-corrected chi connectivity index (χ4v) is 4.67. The van der Waals surface area contributed by atoms with E-state index in [1.165, 1.54) is 46.8 Å². The Morgan fingerprint density at radius 2 is 1.79 bits per heavy atom. The number of nitro groups is 1. The van der Waals surface area contributed by atoms with Gasteiger partial charge in [0.25, 0.3) is 5.69 Å². The Hall–Kier alpha value is -3.04. The number of sulfonamides is 1. The summed E-state index contributed by atoms with van der Waals surface area (Å²) >= 11 is 0. The molecule has 2 aromatic rings. The zero-order valence-electron chi connectivity index (χ0n) is 15.9. The maximum Gasteiger partial charge on any atom is 0.292 e. The lowest BCUT2D eigenvalue weighted by molar-refractivity contribution is -0.384. The maximum absolute atomic E-state index is 12.5. The zero-order valence-corrected chi connectivity index (χ0v) is 16.7. The van der Waals surface area contributed by atoms with Crippen LogP contribution >= 0.6 is 0 Å². The largest absolute Gasteiger partial charge is 0.383 e. The Balaban J connectivity index is 1.76. The topological polar surface area (TPSA) is 110 Å². The van der Waals surface area contributed by atoms with Crippen molar-refractivity contribution in [2.45, 2.75) is 17.7 Å². The van der Waals surface area contributed by atoms with Gasteiger partial charge in [-0.25, -0.2) is 8.42 Å². The predicted octanol–water partition coefficient (Wildman–Crippen LogP) is 3.32. The Morgan fingerprint density at radius 3 is 2.38 bits per heavy atom. The fourth-order valence-electron chi connectivity index (χ4n) is 3.15. The molecule has 8 nitrogen and oxygen atoms in total. The summed E-state index contributed by atoms with van der Waals surface area (Å²) in [5.74, 6) is -0.324. The lowest BCUT2D eigenvalue weighted by atomic mass is 10.1. The van der Waals surface area contributed by atoms with Crippen LogP contribution in [-0.4, -0.2) is 43.6 Å². The van der Waals surface area contributed by atoms with Gasteiger partial charge in [-0.3, -0.25) is 14.9 Å². The third-order valence-corrected chi connectivity index (χ3v) is 6.67. The molecule has 0 spiro atoms. The number of anilines is 1. The van der Waals surface area contributed by atoms with E-state index in [1.54, 1.807) is 19.2 Å². The van der Waals surface area contributed by atoms with Crippen LogP contribution in [0.25, 0.3) is 6.08 Å². The molecule has 0 aromatic heterocycles. The molecule has 1 saturated heterocycles. The van der Waals surface area contributed by atoms with Crippen LogP contribution in [0, 0.1) is 10.1 Å². The van der Waals surface area contributed by atoms with Gasteiger partial charge in [-0.2, -0.15) is 4.31 Å². The van der Waals surface area contributed by atoms with Crippen molar-refractivity contribution in [2.75, 3.05) is 25.5 Å². The van der Waals surface area contributed by atoms with Crippen molar-refractivity contribution in [3.05, 3.63) is 69.8 Å². The van der Waals surface area contributed by atoms with Crippen LogP contribution in [0.15, 0.2) is 53.4 Å². The third kappa shape index (κ3) is 4.52. The Bertz CT molecular complexity index is 1060. The first kappa shape index (κ1) is 20.7. The van der Waals surface area contributed by atoms with Crippen molar-refractivity contribution in [1.29, 1.82) is 0 Å². The number of nitrogens with zero attached hydrogens (tertiary/aromatic N) is 2. The van der Waals surface area contributed by atoms with Gasteiger partial charge >= 0.3 is 0 Å². The monoisotopic (exact) mass is 415 g/mol. The second-order valence-electron chi connectivity index (χ2n) is 6.62. The van der Waals surface area contributed by atoms with Gasteiger partial charge in [0.15, 0.2) is 5.78 Å². The quantitative estimate of drug-likeness (QED) is 0.322. The minimum Gasteiger partial charge on any atom is -0.383 e. The highest BCUT2D eigenvalue weighted by Crippen LogP contribution is 2.26. The Morgan fingerprint density at radius 1 is 1.14 bits per heavy atom. The molecular formula is C20H21N3O5S. The number of rotatable bonds is 7. The number of benzene rings is 2. The van der Waals surface area contributed by atoms with E-state index in [1.807, 2.05) is 0 Å². The minimum absolute atomic E-state index is 0.0847. The first-order valence-electron chi connectivity index (χ1n) is 9.12. The smallest absolute Gasteiger partial charge is 0.292 e. The summed E-state index contributed by atoms with van der Waals surface area (Å²) in [4.78, 5) is 23.2. The molecule has 0 saturated carbocycles. The highest BCUT2D eigenvalue weighted by atomic mass is 32.2. The SMILES string of the molecule is CNc1ccc(/C=C/C(=O)c2ccc(S(=O)(=O)N3CCCC3)cc2)cc1[N+](=O)[O-]. The number of ketones is 1. The van der Waals surface area contributed by atoms with E-state index in [0.717, 1.165) is 12.8 Å². The second-order valence-corrected chi connectivity index (χ2v) is 8.55. The van der Waals surface area contributed by atoms with Gasteiger partial charge in [-0.05, 0) is 54.8 Å². The molecular weight excluding hydrogens is 394 g/mol. The van der Waals surface area contributed by atoms with Gasteiger partial charge in [0.1, 0.15) is 5.69 Å². The number of hydrogen-bond acceptors (Lipinski definition) is 6. The van der Waals surface area contributed by atoms with E-state index in [2.05, 4.69) is 5.32 Å². The lowest BCUT2D eigenvalue weighted by Gasteiger charge is -2.15. The summed E-state index contributed by atoms with van der Waals surface area (Å²) in [5.41, 5.74) is 1.15. The van der Waals surface area contributed by atoms with Gasteiger partial charge in [-0.15, -0.1) is 0 Å². The summed E-state index contributed by atoms with van der Waals surface area (Å²) in [6, 6.07) is 10.4. The number of nitro benzene ring substituents is 1. The molecule has 1 heterocycles. The molecule has 1 fully saturated rings. The average molecular weight is 415 g/mol. The van der Waals surface area contributed by atoms with Gasteiger partial charge in [0.2, 0.25) is 10.0 Å². The molecule has 1 aliphatic heterocycles. The van der Waals surface area contributed by atoms with Crippen molar-refractivity contribution in [2.24, 2.45) is 0 Å². The van der Waals surface area contributed by atoms with Crippen LogP contribution in [0.5, 0.6) is 0 Å². The molecule has 0 atom stereocenters. The summed E-state index contributed by atoms with van der Waals surface area (Å²) < 4.78 is 26.5. The van der Waals surface area contributed by atoms with Crippen LogP contribution < -0.4 is 5.32 Å². The van der Waals surface area contributed by atoms with Crippen molar-refractivity contribution < 1.29 is 18.1 Å². The van der Waals surface area contributed by atoms with Gasteiger partial charge in [-0.1, -0.05) is 12.1 Å². The highest BCUT2D eigenvalue weighted by molar-refractivity contribution is 7.89. The summed E-state index contributed by atoms with van der Waals surface area (Å²) in [6.45, 7) is 1.04. The summed E-state index contributed by atoms with van der Waals surface area (Å²) in [5, 5.41) is 13.9. The molecule has 0 unspecified atom stereocenters. The molecule has 0 amide bonds. The molecule has 1 aliphatic rings. The molecule has 1 N–H and O–H groups in total. The standard InChI is InChI=1S/C20H21N3O5S/c1-21-18-10-4-15(14-19(18)23(25)26)5-11-20(24)16-6-8-17(9-7-16)29(27,28)22-12-2-3-13-22/h4-11,14,21H,2-3,12-13H2,1H3/b11-5+. The number of allylic oxidation sites excluding steroid dienone is 1. The lowest BCUT2D eigenvalue weighted by Crippen LogP contribution is -2.27. The number of hydrogen-bond donors (Lipinski definition) is 1. The number of carbonyl (C=O) groups is 1.